The van der Waals surface area contributed by atoms with E-state index >= 15 is 0 Å². The summed E-state index contributed by atoms with van der Waals surface area (Å²) >= 11 is 0. The van der Waals surface area contributed by atoms with E-state index in [1.54, 1.807) is 13.2 Å². The van der Waals surface area contributed by atoms with Gasteiger partial charge in [-0.3, -0.25) is 4.79 Å². The zero-order valence-corrected chi connectivity index (χ0v) is 15.9. The molecule has 0 spiro atoms. The molecule has 2 aromatic rings. The molecule has 0 atom stereocenters. The number of amides is 1. The van der Waals surface area contributed by atoms with Gasteiger partial charge in [-0.15, -0.1) is 0 Å². The number of methoxy groups -OCH3 is 1. The number of ether oxygens (including phenoxy) is 1. The first-order chi connectivity index (χ1) is 13.2. The van der Waals surface area contributed by atoms with Crippen molar-refractivity contribution in [1.29, 1.82) is 0 Å². The van der Waals surface area contributed by atoms with Gasteiger partial charge in [-0.25, -0.2) is 0 Å². The van der Waals surface area contributed by atoms with E-state index in [2.05, 4.69) is 15.4 Å². The average molecular weight is 369 g/mol. The minimum absolute atomic E-state index is 0.163. The Balaban J connectivity index is 1.32. The highest BCUT2D eigenvalue weighted by Crippen LogP contribution is 2.46. The van der Waals surface area contributed by atoms with Crippen LogP contribution < -0.4 is 10.1 Å². The lowest BCUT2D eigenvalue weighted by Crippen LogP contribution is -2.40. The van der Waals surface area contributed by atoms with Crippen LogP contribution in [-0.2, 0) is 0 Å². The summed E-state index contributed by atoms with van der Waals surface area (Å²) in [6.45, 7) is 4.21. The summed E-state index contributed by atoms with van der Waals surface area (Å²) in [5.74, 6) is 1.19. The van der Waals surface area contributed by atoms with Crippen LogP contribution in [0.15, 0.2) is 34.9 Å². The third-order valence-corrected chi connectivity index (χ3v) is 5.71. The molecule has 2 aliphatic rings. The van der Waals surface area contributed by atoms with Crippen LogP contribution in [0.1, 0.15) is 42.6 Å². The van der Waals surface area contributed by atoms with Gasteiger partial charge >= 0.3 is 0 Å². The summed E-state index contributed by atoms with van der Waals surface area (Å²) in [5, 5.41) is 7.01. The predicted molar refractivity (Wildman–Crippen MR) is 103 cm³/mol. The molecule has 1 N–H and O–H groups in total. The minimum Gasteiger partial charge on any atom is -0.497 e. The fourth-order valence-electron chi connectivity index (χ4n) is 3.79. The number of carbonyl (C=O) groups is 1. The largest absolute Gasteiger partial charge is 0.497 e. The molecular formula is C21H27N3O3. The number of benzene rings is 1. The highest BCUT2D eigenvalue weighted by atomic mass is 16.5. The van der Waals surface area contributed by atoms with Crippen LogP contribution in [0.2, 0.25) is 0 Å². The molecule has 144 valence electrons. The number of rotatable bonds is 7. The molecule has 1 aliphatic carbocycles. The molecule has 2 heterocycles. The molecule has 6 heteroatoms. The van der Waals surface area contributed by atoms with Crippen molar-refractivity contribution in [2.24, 2.45) is 5.41 Å². The van der Waals surface area contributed by atoms with Gasteiger partial charge in [0.2, 0.25) is 0 Å². The van der Waals surface area contributed by atoms with Crippen molar-refractivity contribution in [3.63, 3.8) is 0 Å². The molecule has 0 unspecified atom stereocenters. The maximum atomic E-state index is 12.5. The molecule has 1 aromatic heterocycles. The van der Waals surface area contributed by atoms with E-state index in [9.17, 15) is 4.79 Å². The Hall–Kier alpha value is -2.34. The Morgan fingerprint density at radius 2 is 1.96 bits per heavy atom. The standard InChI is InChI=1S/C21H27N3O3/c1-26-17-7-5-16(6-8-17)19-13-18(23-27-19)20(25)22-14-21(9-10-21)15-24-11-3-2-4-12-24/h5-8,13H,2-4,9-12,14-15H2,1H3,(H,22,25). The smallest absolute Gasteiger partial charge is 0.273 e. The molecule has 27 heavy (non-hydrogen) atoms. The first-order valence-corrected chi connectivity index (χ1v) is 9.79. The number of nitrogens with zero attached hydrogens (tertiary/aromatic N) is 2. The van der Waals surface area contributed by atoms with Gasteiger partial charge in [0.15, 0.2) is 11.5 Å². The molecule has 0 radical (unpaired) electrons. The van der Waals surface area contributed by atoms with Crippen molar-refractivity contribution < 1.29 is 14.1 Å². The summed E-state index contributed by atoms with van der Waals surface area (Å²) in [4.78, 5) is 15.0. The maximum Gasteiger partial charge on any atom is 0.273 e. The van der Waals surface area contributed by atoms with Gasteiger partial charge in [-0.05, 0) is 63.0 Å². The van der Waals surface area contributed by atoms with Crippen LogP contribution in [-0.4, -0.2) is 49.3 Å². The number of hydrogen-bond acceptors (Lipinski definition) is 5. The van der Waals surface area contributed by atoms with Crippen LogP contribution in [0.5, 0.6) is 5.75 Å². The average Bonchev–Trinajstić information content (AvgIpc) is 3.29. The zero-order valence-electron chi connectivity index (χ0n) is 15.9. The van der Waals surface area contributed by atoms with Crippen molar-refractivity contribution in [2.45, 2.75) is 32.1 Å². The van der Waals surface area contributed by atoms with E-state index in [4.69, 9.17) is 9.26 Å². The monoisotopic (exact) mass is 369 g/mol. The van der Waals surface area contributed by atoms with Crippen molar-refractivity contribution >= 4 is 5.91 Å². The van der Waals surface area contributed by atoms with E-state index in [0.29, 0.717) is 18.0 Å². The number of aromatic nitrogens is 1. The number of piperidine rings is 1. The first kappa shape index (κ1) is 18.0. The summed E-state index contributed by atoms with van der Waals surface area (Å²) in [6.07, 6.45) is 6.34. The molecule has 1 saturated heterocycles. The fourth-order valence-corrected chi connectivity index (χ4v) is 3.79. The molecule has 0 bridgehead atoms. The van der Waals surface area contributed by atoms with Crippen molar-refractivity contribution in [3.8, 4) is 17.1 Å². The van der Waals surface area contributed by atoms with Crippen molar-refractivity contribution in [1.82, 2.24) is 15.4 Å². The number of nitrogens with one attached hydrogen (secondary N) is 1. The van der Waals surface area contributed by atoms with Crippen LogP contribution in [0, 0.1) is 5.41 Å². The lowest BCUT2D eigenvalue weighted by atomic mass is 10.0. The number of hydrogen-bond donors (Lipinski definition) is 1. The third kappa shape index (κ3) is 4.33. The van der Waals surface area contributed by atoms with Gasteiger partial charge in [-0.1, -0.05) is 11.6 Å². The quantitative estimate of drug-likeness (QED) is 0.811. The van der Waals surface area contributed by atoms with Gasteiger partial charge in [0, 0.05) is 30.1 Å². The Kier molecular flexibility index (Phi) is 5.16. The van der Waals surface area contributed by atoms with Crippen LogP contribution >= 0.6 is 0 Å². The second-order valence-electron chi connectivity index (χ2n) is 7.82. The minimum atomic E-state index is -0.163. The van der Waals surface area contributed by atoms with Crippen LogP contribution in [0.4, 0.5) is 0 Å². The number of likely N-dealkylation sites (tertiary alicyclic amines) is 1. The third-order valence-electron chi connectivity index (χ3n) is 5.71. The van der Waals surface area contributed by atoms with E-state index in [1.807, 2.05) is 24.3 Å². The lowest BCUT2D eigenvalue weighted by molar-refractivity contribution is 0.0927. The SMILES string of the molecule is COc1ccc(-c2cc(C(=O)NCC3(CN4CCCCC4)CC3)no2)cc1. The highest BCUT2D eigenvalue weighted by Gasteiger charge is 2.44. The Bertz CT molecular complexity index is 774. The second-order valence-corrected chi connectivity index (χ2v) is 7.82. The summed E-state index contributed by atoms with van der Waals surface area (Å²) in [6, 6.07) is 9.18. The van der Waals surface area contributed by atoms with Gasteiger partial charge in [-0.2, -0.15) is 0 Å². The fraction of sp³-hybridized carbons (Fsp3) is 0.524. The molecule has 1 amide bonds. The summed E-state index contributed by atoms with van der Waals surface area (Å²) in [5.41, 5.74) is 1.45. The Morgan fingerprint density at radius 3 is 2.63 bits per heavy atom. The molecular weight excluding hydrogens is 342 g/mol. The summed E-state index contributed by atoms with van der Waals surface area (Å²) < 4.78 is 10.5. The first-order valence-electron chi connectivity index (χ1n) is 9.79. The molecule has 1 aliphatic heterocycles. The second kappa shape index (κ2) is 7.72. The Labute approximate surface area is 159 Å². The van der Waals surface area contributed by atoms with E-state index in [0.717, 1.165) is 17.9 Å². The summed E-state index contributed by atoms with van der Waals surface area (Å²) in [7, 11) is 1.63. The normalized spacial score (nSPS) is 18.9. The highest BCUT2D eigenvalue weighted by molar-refractivity contribution is 5.93. The van der Waals surface area contributed by atoms with Gasteiger partial charge in [0.05, 0.1) is 7.11 Å². The molecule has 1 saturated carbocycles. The van der Waals surface area contributed by atoms with Gasteiger partial charge in [0.25, 0.3) is 5.91 Å². The maximum absolute atomic E-state index is 12.5. The Morgan fingerprint density at radius 1 is 1.22 bits per heavy atom. The van der Waals surface area contributed by atoms with E-state index < -0.39 is 0 Å². The molecule has 4 rings (SSSR count). The predicted octanol–water partition coefficient (Wildman–Crippen LogP) is 3.35. The molecule has 1 aromatic carbocycles. The van der Waals surface area contributed by atoms with Crippen LogP contribution in [0.25, 0.3) is 11.3 Å². The van der Waals surface area contributed by atoms with Gasteiger partial charge in [0.1, 0.15) is 5.75 Å². The zero-order chi connectivity index (χ0) is 18.7. The van der Waals surface area contributed by atoms with E-state index in [-0.39, 0.29) is 11.3 Å². The number of carbonyl (C=O) groups excluding carboxylic acids is 1. The molecule has 6 nitrogen and oxygen atoms in total. The molecule has 2 fully saturated rings. The topological polar surface area (TPSA) is 67.6 Å². The van der Waals surface area contributed by atoms with Crippen LogP contribution in [0.3, 0.4) is 0 Å². The lowest BCUT2D eigenvalue weighted by Gasteiger charge is -2.30. The van der Waals surface area contributed by atoms with Crippen molar-refractivity contribution in [2.75, 3.05) is 33.3 Å². The van der Waals surface area contributed by atoms with E-state index in [1.165, 1.54) is 45.2 Å². The van der Waals surface area contributed by atoms with Crippen molar-refractivity contribution in [3.05, 3.63) is 36.0 Å². The van der Waals surface area contributed by atoms with Gasteiger partial charge < -0.3 is 19.5 Å².